The second kappa shape index (κ2) is 8.40. The van der Waals surface area contributed by atoms with Crippen LogP contribution in [0.5, 0.6) is 0 Å². The number of aromatic carboxylic acids is 1. The fourth-order valence-corrected chi connectivity index (χ4v) is 3.62. The lowest BCUT2D eigenvalue weighted by molar-refractivity contribution is 0.0684. The number of hydrogen-bond acceptors (Lipinski definition) is 2. The average molecular weight is 364 g/mol. The van der Waals surface area contributed by atoms with Gasteiger partial charge in [0, 0.05) is 29.6 Å². The largest absolute Gasteiger partial charge is 0.477 e. The second-order valence-corrected chi connectivity index (χ2v) is 7.20. The number of nitrogens with zero attached hydrogens (tertiary/aromatic N) is 1. The van der Waals surface area contributed by atoms with E-state index in [4.69, 9.17) is 0 Å². The zero-order chi connectivity index (χ0) is 19.4. The van der Waals surface area contributed by atoms with Crippen molar-refractivity contribution in [1.82, 2.24) is 9.88 Å². The van der Waals surface area contributed by atoms with E-state index in [2.05, 4.69) is 44.3 Å². The summed E-state index contributed by atoms with van der Waals surface area (Å²) in [5.74, 6) is -0.871. The first-order chi connectivity index (χ1) is 13.0. The number of aryl methyl sites for hydroxylation is 2. The molecule has 0 aliphatic carbocycles. The van der Waals surface area contributed by atoms with Crippen LogP contribution in [0, 0.1) is 13.8 Å². The van der Waals surface area contributed by atoms with Gasteiger partial charge in [-0.3, -0.25) is 0 Å². The quantitative estimate of drug-likeness (QED) is 0.559. The third kappa shape index (κ3) is 4.06. The number of benzene rings is 2. The van der Waals surface area contributed by atoms with Gasteiger partial charge in [-0.15, -0.1) is 0 Å². The molecule has 0 aliphatic rings. The van der Waals surface area contributed by atoms with Crippen molar-refractivity contribution < 1.29 is 9.90 Å². The molecule has 1 heterocycles. The number of fused-ring (bicyclic) bond motifs is 1. The van der Waals surface area contributed by atoms with Crippen molar-refractivity contribution in [3.05, 3.63) is 70.4 Å². The van der Waals surface area contributed by atoms with Gasteiger partial charge in [0.1, 0.15) is 5.69 Å². The lowest BCUT2D eigenvalue weighted by Crippen LogP contribution is -2.18. The number of unbranched alkanes of at least 4 members (excludes halogenated alkanes) is 1. The lowest BCUT2D eigenvalue weighted by Gasteiger charge is -2.12. The third-order valence-corrected chi connectivity index (χ3v) is 5.12. The molecule has 3 rings (SSSR count). The Morgan fingerprint density at radius 3 is 2.67 bits per heavy atom. The van der Waals surface area contributed by atoms with Crippen LogP contribution in [0.4, 0.5) is 0 Å². The summed E-state index contributed by atoms with van der Waals surface area (Å²) in [6, 6.07) is 14.3. The first kappa shape index (κ1) is 19.2. The highest BCUT2D eigenvalue weighted by Gasteiger charge is 2.22. The Balaban J connectivity index is 2.09. The topological polar surface area (TPSA) is 54.3 Å². The van der Waals surface area contributed by atoms with Crippen LogP contribution >= 0.6 is 0 Å². The maximum Gasteiger partial charge on any atom is 0.352 e. The zero-order valence-corrected chi connectivity index (χ0v) is 16.4. The molecular formula is C23H28N2O2. The number of nitrogens with one attached hydrogen (secondary N) is 1. The summed E-state index contributed by atoms with van der Waals surface area (Å²) in [4.78, 5) is 12.2. The summed E-state index contributed by atoms with van der Waals surface area (Å²) in [7, 11) is 0. The van der Waals surface area contributed by atoms with Crippen LogP contribution in [-0.4, -0.2) is 22.2 Å². The molecule has 4 heteroatoms. The van der Waals surface area contributed by atoms with Gasteiger partial charge in [0.05, 0.1) is 0 Å². The van der Waals surface area contributed by atoms with Crippen LogP contribution in [-0.2, 0) is 13.1 Å². The van der Waals surface area contributed by atoms with Gasteiger partial charge in [-0.05, 0) is 44.0 Å². The SMILES string of the molecule is CCCCNCc1c(C(=O)O)n(Cc2cc(C)ccc2C)c2ccccc12. The molecule has 4 nitrogen and oxygen atoms in total. The number of carboxylic acid groups (broad SMARTS) is 1. The van der Waals surface area contributed by atoms with Crippen LogP contribution < -0.4 is 5.32 Å². The molecule has 3 aromatic rings. The molecule has 0 amide bonds. The molecular weight excluding hydrogens is 336 g/mol. The average Bonchev–Trinajstić information content (AvgIpc) is 2.96. The molecule has 2 aromatic carbocycles. The van der Waals surface area contributed by atoms with Gasteiger partial charge in [-0.1, -0.05) is 55.3 Å². The van der Waals surface area contributed by atoms with Crippen molar-refractivity contribution in [2.24, 2.45) is 0 Å². The molecule has 27 heavy (non-hydrogen) atoms. The van der Waals surface area contributed by atoms with Gasteiger partial charge in [-0.25, -0.2) is 4.79 Å². The lowest BCUT2D eigenvalue weighted by atomic mass is 10.1. The van der Waals surface area contributed by atoms with E-state index in [0.29, 0.717) is 18.8 Å². The molecule has 0 aliphatic heterocycles. The first-order valence-electron chi connectivity index (χ1n) is 9.63. The Morgan fingerprint density at radius 1 is 1.15 bits per heavy atom. The third-order valence-electron chi connectivity index (χ3n) is 5.12. The van der Waals surface area contributed by atoms with Gasteiger partial charge in [0.25, 0.3) is 0 Å². The Morgan fingerprint density at radius 2 is 1.93 bits per heavy atom. The van der Waals surface area contributed by atoms with Gasteiger partial charge < -0.3 is 15.0 Å². The van der Waals surface area contributed by atoms with Crippen molar-refractivity contribution in [3.63, 3.8) is 0 Å². The molecule has 0 bridgehead atoms. The number of rotatable bonds is 8. The molecule has 0 saturated carbocycles. The van der Waals surface area contributed by atoms with Crippen LogP contribution in [0.2, 0.25) is 0 Å². The number of para-hydroxylation sites is 1. The van der Waals surface area contributed by atoms with E-state index in [9.17, 15) is 9.90 Å². The van der Waals surface area contributed by atoms with Crippen LogP contribution in [0.25, 0.3) is 10.9 Å². The number of aromatic nitrogens is 1. The monoisotopic (exact) mass is 364 g/mol. The predicted molar refractivity (Wildman–Crippen MR) is 111 cm³/mol. The van der Waals surface area contributed by atoms with Crippen LogP contribution in [0.1, 0.15) is 52.5 Å². The molecule has 0 spiro atoms. The van der Waals surface area contributed by atoms with Crippen LogP contribution in [0.3, 0.4) is 0 Å². The summed E-state index contributed by atoms with van der Waals surface area (Å²) in [5, 5.41) is 14.4. The summed E-state index contributed by atoms with van der Waals surface area (Å²) in [6.45, 7) is 8.32. The van der Waals surface area contributed by atoms with E-state index in [-0.39, 0.29) is 0 Å². The van der Waals surface area contributed by atoms with Crippen molar-refractivity contribution >= 4 is 16.9 Å². The van der Waals surface area contributed by atoms with Crippen molar-refractivity contribution in [3.8, 4) is 0 Å². The minimum Gasteiger partial charge on any atom is -0.477 e. The molecule has 1 aromatic heterocycles. The maximum absolute atomic E-state index is 12.2. The number of hydrogen-bond donors (Lipinski definition) is 2. The van der Waals surface area contributed by atoms with E-state index in [0.717, 1.165) is 41.4 Å². The Bertz CT molecular complexity index is 956. The minimum atomic E-state index is -0.871. The second-order valence-electron chi connectivity index (χ2n) is 7.20. The Labute approximate surface area is 160 Å². The highest BCUT2D eigenvalue weighted by molar-refractivity contribution is 5.98. The fourth-order valence-electron chi connectivity index (χ4n) is 3.62. The molecule has 2 N–H and O–H groups in total. The number of carbonyl (C=O) groups is 1. The Hall–Kier alpha value is -2.59. The van der Waals surface area contributed by atoms with E-state index in [1.807, 2.05) is 28.8 Å². The Kier molecular flexibility index (Phi) is 5.97. The standard InChI is InChI=1S/C23H28N2O2/c1-4-5-12-24-14-20-19-8-6-7-9-21(19)25(22(20)23(26)27)15-18-13-16(2)10-11-17(18)3/h6-11,13,24H,4-5,12,14-15H2,1-3H3,(H,26,27). The van der Waals surface area contributed by atoms with E-state index < -0.39 is 5.97 Å². The van der Waals surface area contributed by atoms with Gasteiger partial charge in [0.15, 0.2) is 0 Å². The van der Waals surface area contributed by atoms with Gasteiger partial charge in [-0.2, -0.15) is 0 Å². The molecule has 0 saturated heterocycles. The smallest absolute Gasteiger partial charge is 0.352 e. The normalized spacial score (nSPS) is 11.2. The van der Waals surface area contributed by atoms with Crippen molar-refractivity contribution in [2.75, 3.05) is 6.54 Å². The maximum atomic E-state index is 12.2. The van der Waals surface area contributed by atoms with E-state index in [1.54, 1.807) is 0 Å². The molecule has 0 radical (unpaired) electrons. The minimum absolute atomic E-state index is 0.390. The fraction of sp³-hybridized carbons (Fsp3) is 0.348. The molecule has 142 valence electrons. The van der Waals surface area contributed by atoms with Crippen molar-refractivity contribution in [1.29, 1.82) is 0 Å². The highest BCUT2D eigenvalue weighted by atomic mass is 16.4. The van der Waals surface area contributed by atoms with Gasteiger partial charge in [0.2, 0.25) is 0 Å². The highest BCUT2D eigenvalue weighted by Crippen LogP contribution is 2.28. The summed E-state index contributed by atoms with van der Waals surface area (Å²) >= 11 is 0. The first-order valence-corrected chi connectivity index (χ1v) is 9.63. The molecule has 0 atom stereocenters. The molecule has 0 fully saturated rings. The summed E-state index contributed by atoms with van der Waals surface area (Å²) < 4.78 is 1.95. The van der Waals surface area contributed by atoms with Crippen molar-refractivity contribution in [2.45, 2.75) is 46.7 Å². The summed E-state index contributed by atoms with van der Waals surface area (Å²) in [5.41, 5.74) is 5.76. The van der Waals surface area contributed by atoms with Gasteiger partial charge >= 0.3 is 5.97 Å². The number of carboxylic acids is 1. The summed E-state index contributed by atoms with van der Waals surface area (Å²) in [6.07, 6.45) is 2.21. The molecule has 0 unspecified atom stereocenters. The predicted octanol–water partition coefficient (Wildman–Crippen LogP) is 4.89. The zero-order valence-electron chi connectivity index (χ0n) is 16.4. The van der Waals surface area contributed by atoms with Crippen LogP contribution in [0.15, 0.2) is 42.5 Å². The van der Waals surface area contributed by atoms with E-state index in [1.165, 1.54) is 11.1 Å². The van der Waals surface area contributed by atoms with E-state index >= 15 is 0 Å².